The smallest absolute Gasteiger partial charge is 0.191 e. The van der Waals surface area contributed by atoms with E-state index in [9.17, 15) is 0 Å². The summed E-state index contributed by atoms with van der Waals surface area (Å²) in [6.45, 7) is 7.51. The number of nitrogens with one attached hydrogen (secondary N) is 2. The lowest BCUT2D eigenvalue weighted by molar-refractivity contribution is 0.129. The van der Waals surface area contributed by atoms with Gasteiger partial charge in [0.2, 0.25) is 0 Å². The molecular formula is C20H32N4O. The van der Waals surface area contributed by atoms with Crippen molar-refractivity contribution in [3.8, 4) is 0 Å². The Labute approximate surface area is 152 Å². The van der Waals surface area contributed by atoms with Gasteiger partial charge in [-0.3, -0.25) is 4.99 Å². The van der Waals surface area contributed by atoms with Crippen molar-refractivity contribution in [3.63, 3.8) is 0 Å². The summed E-state index contributed by atoms with van der Waals surface area (Å²) < 4.78 is 5.56. The first-order valence-electron chi connectivity index (χ1n) is 9.34. The average molecular weight is 345 g/mol. The number of hydrogen-bond acceptors (Lipinski definition) is 3. The Hall–Kier alpha value is -2.01. The highest BCUT2D eigenvalue weighted by Gasteiger charge is 2.07. The Morgan fingerprint density at radius 3 is 2.48 bits per heavy atom. The van der Waals surface area contributed by atoms with Gasteiger partial charge in [0.05, 0.1) is 0 Å². The quantitative estimate of drug-likeness (QED) is 0.297. The normalized spacial score (nSPS) is 14.2. The van der Waals surface area contributed by atoms with Crippen molar-refractivity contribution in [2.45, 2.75) is 32.7 Å². The van der Waals surface area contributed by atoms with Crippen molar-refractivity contribution in [2.24, 2.45) is 4.99 Å². The number of nitrogens with zero attached hydrogens (tertiary/aromatic N) is 2. The Morgan fingerprint density at radius 1 is 1.08 bits per heavy atom. The second-order valence-corrected chi connectivity index (χ2v) is 6.21. The van der Waals surface area contributed by atoms with E-state index >= 15 is 0 Å². The maximum atomic E-state index is 5.56. The predicted octanol–water partition coefficient (Wildman–Crippen LogP) is 2.93. The van der Waals surface area contributed by atoms with Crippen molar-refractivity contribution in [1.82, 2.24) is 10.6 Å². The van der Waals surface area contributed by atoms with E-state index in [1.807, 2.05) is 0 Å². The van der Waals surface area contributed by atoms with E-state index in [1.54, 1.807) is 7.05 Å². The standard InChI is InChI=1S/C20H32N4O/c1-3-4-15-25-16-7-12-22-20(21-2)23-17-18-8-10-19(11-9-18)24-13-5-6-14-24/h5-6,8-11H,3-4,7,12-17H2,1-2H3,(H2,21,22,23). The summed E-state index contributed by atoms with van der Waals surface area (Å²) in [4.78, 5) is 6.62. The third-order valence-electron chi connectivity index (χ3n) is 4.20. The van der Waals surface area contributed by atoms with Crippen LogP contribution in [0.5, 0.6) is 0 Å². The van der Waals surface area contributed by atoms with Crippen molar-refractivity contribution < 1.29 is 4.74 Å². The maximum Gasteiger partial charge on any atom is 0.191 e. The lowest BCUT2D eigenvalue weighted by Crippen LogP contribution is -2.37. The van der Waals surface area contributed by atoms with E-state index in [2.05, 4.69) is 63.9 Å². The summed E-state index contributed by atoms with van der Waals surface area (Å²) in [6.07, 6.45) is 7.73. The van der Waals surface area contributed by atoms with E-state index in [0.29, 0.717) is 0 Å². The maximum absolute atomic E-state index is 5.56. The molecule has 0 amide bonds. The fourth-order valence-corrected chi connectivity index (χ4v) is 2.65. The zero-order chi connectivity index (χ0) is 17.7. The fourth-order valence-electron chi connectivity index (χ4n) is 2.65. The van der Waals surface area contributed by atoms with Crippen molar-refractivity contribution in [1.29, 1.82) is 0 Å². The van der Waals surface area contributed by atoms with Crippen molar-refractivity contribution in [3.05, 3.63) is 42.0 Å². The summed E-state index contributed by atoms with van der Waals surface area (Å²) in [6, 6.07) is 8.73. The Balaban J connectivity index is 1.63. The molecule has 2 N–H and O–H groups in total. The number of hydrogen-bond donors (Lipinski definition) is 2. The highest BCUT2D eigenvalue weighted by Crippen LogP contribution is 2.17. The average Bonchev–Trinajstić information content (AvgIpc) is 3.18. The number of guanidine groups is 1. The molecule has 138 valence electrons. The van der Waals surface area contributed by atoms with Gasteiger partial charge >= 0.3 is 0 Å². The Bertz CT molecular complexity index is 531. The first kappa shape index (κ1) is 19.3. The molecule has 25 heavy (non-hydrogen) atoms. The minimum Gasteiger partial charge on any atom is -0.381 e. The van der Waals surface area contributed by atoms with Crippen LogP contribution in [0.4, 0.5) is 5.69 Å². The number of ether oxygens (including phenoxy) is 1. The van der Waals surface area contributed by atoms with Crippen LogP contribution in [-0.2, 0) is 11.3 Å². The molecule has 1 heterocycles. The molecule has 0 saturated heterocycles. The van der Waals surface area contributed by atoms with Gasteiger partial charge in [0.1, 0.15) is 0 Å². The molecule has 0 spiro atoms. The first-order valence-corrected chi connectivity index (χ1v) is 9.34. The minimum atomic E-state index is 0.769. The number of rotatable bonds is 10. The largest absolute Gasteiger partial charge is 0.381 e. The van der Waals surface area contributed by atoms with Crippen LogP contribution in [0.1, 0.15) is 31.7 Å². The molecule has 2 rings (SSSR count). The number of aliphatic imine (C=N–C) groups is 1. The van der Waals surface area contributed by atoms with Crippen LogP contribution < -0.4 is 15.5 Å². The van der Waals surface area contributed by atoms with E-state index in [0.717, 1.165) is 58.2 Å². The van der Waals surface area contributed by atoms with E-state index in [1.165, 1.54) is 17.7 Å². The zero-order valence-corrected chi connectivity index (χ0v) is 15.6. The second kappa shape index (κ2) is 11.5. The second-order valence-electron chi connectivity index (χ2n) is 6.21. The molecule has 1 aliphatic heterocycles. The molecule has 5 heteroatoms. The number of benzene rings is 1. The molecule has 1 aromatic carbocycles. The monoisotopic (exact) mass is 344 g/mol. The van der Waals surface area contributed by atoms with Gasteiger partial charge in [-0.25, -0.2) is 0 Å². The van der Waals surface area contributed by atoms with Gasteiger partial charge in [0.25, 0.3) is 0 Å². The third kappa shape index (κ3) is 7.18. The molecule has 0 saturated carbocycles. The molecular weight excluding hydrogens is 312 g/mol. The minimum absolute atomic E-state index is 0.769. The van der Waals surface area contributed by atoms with Gasteiger partial charge in [-0.2, -0.15) is 0 Å². The number of anilines is 1. The molecule has 1 aliphatic rings. The van der Waals surface area contributed by atoms with Gasteiger partial charge in [-0.1, -0.05) is 37.6 Å². The van der Waals surface area contributed by atoms with Crippen LogP contribution in [-0.4, -0.2) is 45.9 Å². The zero-order valence-electron chi connectivity index (χ0n) is 15.6. The van der Waals surface area contributed by atoms with Gasteiger partial charge in [0.15, 0.2) is 5.96 Å². The Kier molecular flexibility index (Phi) is 8.91. The van der Waals surface area contributed by atoms with Crippen molar-refractivity contribution in [2.75, 3.05) is 44.8 Å². The summed E-state index contributed by atoms with van der Waals surface area (Å²) in [7, 11) is 1.80. The highest BCUT2D eigenvalue weighted by atomic mass is 16.5. The molecule has 0 fully saturated rings. The third-order valence-corrected chi connectivity index (χ3v) is 4.20. The molecule has 5 nitrogen and oxygen atoms in total. The topological polar surface area (TPSA) is 48.9 Å². The van der Waals surface area contributed by atoms with Gasteiger partial charge in [-0.05, 0) is 30.5 Å². The fraction of sp³-hybridized carbons (Fsp3) is 0.550. The summed E-state index contributed by atoms with van der Waals surface area (Å²) in [5.41, 5.74) is 2.53. The lowest BCUT2D eigenvalue weighted by Gasteiger charge is -2.18. The van der Waals surface area contributed by atoms with E-state index in [4.69, 9.17) is 4.74 Å². The molecule has 0 radical (unpaired) electrons. The molecule has 0 aliphatic carbocycles. The SMILES string of the molecule is CCCCOCCCNC(=NC)NCc1ccc(N2CC=CC2)cc1. The van der Waals surface area contributed by atoms with Crippen LogP contribution in [0.2, 0.25) is 0 Å². The van der Waals surface area contributed by atoms with Crippen LogP contribution >= 0.6 is 0 Å². The lowest BCUT2D eigenvalue weighted by atomic mass is 10.2. The summed E-state index contributed by atoms with van der Waals surface area (Å²) in [5, 5.41) is 6.69. The molecule has 0 bridgehead atoms. The van der Waals surface area contributed by atoms with E-state index in [-0.39, 0.29) is 0 Å². The van der Waals surface area contributed by atoms with Crippen LogP contribution in [0.15, 0.2) is 41.4 Å². The van der Waals surface area contributed by atoms with E-state index < -0.39 is 0 Å². The van der Waals surface area contributed by atoms with Crippen LogP contribution in [0.3, 0.4) is 0 Å². The van der Waals surface area contributed by atoms with Gasteiger partial charge < -0.3 is 20.3 Å². The summed E-state index contributed by atoms with van der Waals surface area (Å²) >= 11 is 0. The van der Waals surface area contributed by atoms with Gasteiger partial charge in [0, 0.05) is 52.1 Å². The Morgan fingerprint density at radius 2 is 1.80 bits per heavy atom. The molecule has 0 atom stereocenters. The predicted molar refractivity (Wildman–Crippen MR) is 106 cm³/mol. The summed E-state index contributed by atoms with van der Waals surface area (Å²) in [5.74, 6) is 0.835. The molecule has 0 unspecified atom stereocenters. The van der Waals surface area contributed by atoms with Crippen LogP contribution in [0, 0.1) is 0 Å². The van der Waals surface area contributed by atoms with Crippen molar-refractivity contribution >= 4 is 11.6 Å². The number of unbranched alkanes of at least 4 members (excludes halogenated alkanes) is 1. The molecule has 1 aromatic rings. The highest BCUT2D eigenvalue weighted by molar-refractivity contribution is 5.79. The van der Waals surface area contributed by atoms with Crippen LogP contribution in [0.25, 0.3) is 0 Å². The molecule has 0 aromatic heterocycles. The first-order chi connectivity index (χ1) is 12.3. The van der Waals surface area contributed by atoms with Gasteiger partial charge in [-0.15, -0.1) is 0 Å².